The molecule has 1 amide bonds. The fourth-order valence-electron chi connectivity index (χ4n) is 2.30. The van der Waals surface area contributed by atoms with Crippen molar-refractivity contribution >= 4 is 5.91 Å². The minimum atomic E-state index is 0.215. The molecule has 2 atom stereocenters. The Balaban J connectivity index is 2.18. The molecule has 1 N–H and O–H groups in total. The third-order valence-electron chi connectivity index (χ3n) is 3.45. The average Bonchev–Trinajstić information content (AvgIpc) is 2.29. The molecule has 0 aromatic rings. The highest BCUT2D eigenvalue weighted by Gasteiger charge is 2.19. The summed E-state index contributed by atoms with van der Waals surface area (Å²) in [5, 5.41) is 3.15. The molecule has 0 aromatic carbocycles. The van der Waals surface area contributed by atoms with E-state index in [1.165, 1.54) is 12.8 Å². The third kappa shape index (κ3) is 5.90. The normalized spacial score (nSPS) is 21.5. The first-order valence-corrected chi connectivity index (χ1v) is 7.05. The van der Waals surface area contributed by atoms with E-state index >= 15 is 0 Å². The highest BCUT2D eigenvalue weighted by atomic mass is 16.1. The van der Waals surface area contributed by atoms with Crippen LogP contribution in [-0.4, -0.2) is 11.9 Å². The number of hydrogen-bond acceptors (Lipinski definition) is 1. The maximum atomic E-state index is 12.0. The van der Waals surface area contributed by atoms with E-state index in [1.807, 2.05) is 0 Å². The monoisotopic (exact) mass is 237 g/mol. The van der Waals surface area contributed by atoms with Gasteiger partial charge in [-0.15, -0.1) is 0 Å². The smallest absolute Gasteiger partial charge is 0.223 e. The van der Waals surface area contributed by atoms with Crippen LogP contribution >= 0.6 is 0 Å². The Morgan fingerprint density at radius 3 is 2.65 bits per heavy atom. The first-order chi connectivity index (χ1) is 8.09. The summed E-state index contributed by atoms with van der Waals surface area (Å²) in [6.45, 7) is 6.62. The molecule has 0 heterocycles. The second-order valence-corrected chi connectivity index (χ2v) is 5.72. The summed E-state index contributed by atoms with van der Waals surface area (Å²) in [6.07, 6.45) is 10.9. The Hall–Kier alpha value is -0.790. The van der Waals surface area contributed by atoms with E-state index < -0.39 is 0 Å². The SMILES string of the molecule is CC(C)CCCC(C)NC(=O)C1CC=CCC1. The Bertz CT molecular complexity index is 258. The largest absolute Gasteiger partial charge is 0.353 e. The predicted octanol–water partition coefficient (Wildman–Crippen LogP) is 3.67. The molecule has 1 rings (SSSR count). The summed E-state index contributed by atoms with van der Waals surface area (Å²) in [5.74, 6) is 1.24. The molecule has 0 bridgehead atoms. The first-order valence-electron chi connectivity index (χ1n) is 7.05. The van der Waals surface area contributed by atoms with Crippen molar-refractivity contribution in [1.82, 2.24) is 5.32 Å². The van der Waals surface area contributed by atoms with E-state index in [0.717, 1.165) is 31.6 Å². The molecule has 1 aliphatic rings. The van der Waals surface area contributed by atoms with Crippen molar-refractivity contribution in [1.29, 1.82) is 0 Å². The van der Waals surface area contributed by atoms with Crippen molar-refractivity contribution in [3.8, 4) is 0 Å². The summed E-state index contributed by atoms with van der Waals surface area (Å²) in [6, 6.07) is 0.326. The second-order valence-electron chi connectivity index (χ2n) is 5.72. The van der Waals surface area contributed by atoms with Crippen molar-refractivity contribution in [3.63, 3.8) is 0 Å². The van der Waals surface area contributed by atoms with Gasteiger partial charge in [0.2, 0.25) is 5.91 Å². The molecule has 0 aromatic heterocycles. The van der Waals surface area contributed by atoms with Gasteiger partial charge in [-0.3, -0.25) is 4.79 Å². The van der Waals surface area contributed by atoms with Gasteiger partial charge in [0, 0.05) is 12.0 Å². The van der Waals surface area contributed by atoms with Crippen LogP contribution in [0.2, 0.25) is 0 Å². The topological polar surface area (TPSA) is 29.1 Å². The summed E-state index contributed by atoms with van der Waals surface area (Å²) >= 11 is 0. The van der Waals surface area contributed by atoms with Crippen LogP contribution in [0.5, 0.6) is 0 Å². The average molecular weight is 237 g/mol. The Morgan fingerprint density at radius 1 is 1.29 bits per heavy atom. The summed E-state index contributed by atoms with van der Waals surface area (Å²) < 4.78 is 0. The minimum Gasteiger partial charge on any atom is -0.353 e. The van der Waals surface area contributed by atoms with Crippen LogP contribution in [0.1, 0.15) is 59.3 Å². The van der Waals surface area contributed by atoms with Gasteiger partial charge in [-0.1, -0.05) is 38.8 Å². The van der Waals surface area contributed by atoms with Crippen LogP contribution in [0.15, 0.2) is 12.2 Å². The molecule has 2 unspecified atom stereocenters. The molecule has 0 saturated carbocycles. The molecule has 0 spiro atoms. The van der Waals surface area contributed by atoms with Gasteiger partial charge < -0.3 is 5.32 Å². The summed E-state index contributed by atoms with van der Waals surface area (Å²) in [4.78, 5) is 12.0. The zero-order chi connectivity index (χ0) is 12.7. The fraction of sp³-hybridized carbons (Fsp3) is 0.800. The van der Waals surface area contributed by atoms with Crippen LogP contribution in [0.25, 0.3) is 0 Å². The molecule has 17 heavy (non-hydrogen) atoms. The molecule has 98 valence electrons. The molecule has 2 nitrogen and oxygen atoms in total. The van der Waals surface area contributed by atoms with Gasteiger partial charge in [-0.25, -0.2) is 0 Å². The molecule has 0 aliphatic heterocycles. The number of allylic oxidation sites excluding steroid dienone is 2. The van der Waals surface area contributed by atoms with Crippen molar-refractivity contribution in [2.24, 2.45) is 11.8 Å². The van der Waals surface area contributed by atoms with E-state index in [4.69, 9.17) is 0 Å². The third-order valence-corrected chi connectivity index (χ3v) is 3.45. The lowest BCUT2D eigenvalue weighted by Gasteiger charge is -2.21. The Morgan fingerprint density at radius 2 is 2.06 bits per heavy atom. The van der Waals surface area contributed by atoms with Gasteiger partial charge in [0.1, 0.15) is 0 Å². The van der Waals surface area contributed by atoms with Crippen molar-refractivity contribution in [3.05, 3.63) is 12.2 Å². The van der Waals surface area contributed by atoms with Crippen molar-refractivity contribution < 1.29 is 4.79 Å². The second kappa shape index (κ2) is 7.52. The summed E-state index contributed by atoms with van der Waals surface area (Å²) in [7, 11) is 0. The molecular formula is C15H27NO. The number of rotatable bonds is 6. The number of carbonyl (C=O) groups is 1. The van der Waals surface area contributed by atoms with Gasteiger partial charge >= 0.3 is 0 Å². The van der Waals surface area contributed by atoms with Gasteiger partial charge in [-0.2, -0.15) is 0 Å². The molecule has 0 radical (unpaired) electrons. The molecule has 1 aliphatic carbocycles. The maximum Gasteiger partial charge on any atom is 0.223 e. The lowest BCUT2D eigenvalue weighted by Crippen LogP contribution is -2.37. The Kier molecular flexibility index (Phi) is 6.31. The number of carbonyl (C=O) groups excluding carboxylic acids is 1. The van der Waals surface area contributed by atoms with Crippen LogP contribution in [0.3, 0.4) is 0 Å². The minimum absolute atomic E-state index is 0.215. The molecule has 0 saturated heterocycles. The van der Waals surface area contributed by atoms with Gasteiger partial charge in [0.25, 0.3) is 0 Å². The quantitative estimate of drug-likeness (QED) is 0.702. The molecule has 2 heteroatoms. The maximum absolute atomic E-state index is 12.0. The number of hydrogen-bond donors (Lipinski definition) is 1. The van der Waals surface area contributed by atoms with Gasteiger partial charge in [-0.05, 0) is 38.5 Å². The van der Waals surface area contributed by atoms with Crippen LogP contribution in [0, 0.1) is 11.8 Å². The lowest BCUT2D eigenvalue weighted by molar-refractivity contribution is -0.125. The lowest BCUT2D eigenvalue weighted by atomic mass is 9.93. The Labute approximate surface area is 106 Å². The van der Waals surface area contributed by atoms with Gasteiger partial charge in [0.05, 0.1) is 0 Å². The van der Waals surface area contributed by atoms with Crippen molar-refractivity contribution in [2.45, 2.75) is 65.3 Å². The zero-order valence-corrected chi connectivity index (χ0v) is 11.5. The standard InChI is InChI=1S/C15H27NO/c1-12(2)8-7-9-13(3)16-15(17)14-10-5-4-6-11-14/h4-5,12-14H,6-11H2,1-3H3,(H,16,17). The highest BCUT2D eigenvalue weighted by Crippen LogP contribution is 2.18. The molecule has 0 fully saturated rings. The van der Waals surface area contributed by atoms with E-state index in [2.05, 4.69) is 38.2 Å². The van der Waals surface area contributed by atoms with E-state index in [1.54, 1.807) is 0 Å². The predicted molar refractivity (Wildman–Crippen MR) is 72.8 cm³/mol. The van der Waals surface area contributed by atoms with E-state index in [9.17, 15) is 4.79 Å². The van der Waals surface area contributed by atoms with E-state index in [0.29, 0.717) is 6.04 Å². The van der Waals surface area contributed by atoms with Crippen LogP contribution < -0.4 is 5.32 Å². The van der Waals surface area contributed by atoms with Crippen LogP contribution in [-0.2, 0) is 4.79 Å². The highest BCUT2D eigenvalue weighted by molar-refractivity contribution is 5.79. The first kappa shape index (κ1) is 14.3. The molecular weight excluding hydrogens is 210 g/mol. The number of nitrogens with one attached hydrogen (secondary N) is 1. The van der Waals surface area contributed by atoms with E-state index in [-0.39, 0.29) is 11.8 Å². The van der Waals surface area contributed by atoms with Crippen LogP contribution in [0.4, 0.5) is 0 Å². The fourth-order valence-corrected chi connectivity index (χ4v) is 2.30. The van der Waals surface area contributed by atoms with Gasteiger partial charge in [0.15, 0.2) is 0 Å². The number of amides is 1. The zero-order valence-electron chi connectivity index (χ0n) is 11.5. The van der Waals surface area contributed by atoms with Crippen molar-refractivity contribution in [2.75, 3.05) is 0 Å². The summed E-state index contributed by atoms with van der Waals surface area (Å²) in [5.41, 5.74) is 0.